The maximum atomic E-state index is 2.52. The van der Waals surface area contributed by atoms with Crippen molar-refractivity contribution >= 4 is 33.7 Å². The molecular weight excluding hydrogens is 492 g/mol. The topological polar surface area (TPSA) is 0 Å². The summed E-state index contributed by atoms with van der Waals surface area (Å²) in [5, 5.41) is 8.18. The average molecular weight is 527 g/mol. The minimum atomic E-state index is -0.0617. The zero-order valence-electron chi connectivity index (χ0n) is 24.3. The van der Waals surface area contributed by atoms with Gasteiger partial charge in [-0.05, 0) is 95.8 Å². The van der Waals surface area contributed by atoms with Gasteiger partial charge in [-0.15, -0.1) is 0 Å². The molecule has 2 aliphatic rings. The largest absolute Gasteiger partial charge is 0.0754 e. The molecular formula is C41H34. The number of rotatable bonds is 2. The van der Waals surface area contributed by atoms with Crippen LogP contribution >= 0.6 is 0 Å². The molecule has 2 aliphatic carbocycles. The van der Waals surface area contributed by atoms with Crippen LogP contribution in [-0.4, -0.2) is 0 Å². The summed E-state index contributed by atoms with van der Waals surface area (Å²) in [7, 11) is 0. The number of fused-ring (bicyclic) bond motifs is 4. The van der Waals surface area contributed by atoms with E-state index in [1.54, 1.807) is 0 Å². The van der Waals surface area contributed by atoms with Gasteiger partial charge in [0, 0.05) is 5.41 Å². The molecule has 0 saturated heterocycles. The van der Waals surface area contributed by atoms with Crippen molar-refractivity contribution in [2.24, 2.45) is 5.92 Å². The fraction of sp³-hybridized carbons (Fsp3) is 0.171. The van der Waals surface area contributed by atoms with Crippen LogP contribution in [0.1, 0.15) is 43.9 Å². The molecule has 1 atom stereocenters. The van der Waals surface area contributed by atoms with E-state index in [4.69, 9.17) is 0 Å². The van der Waals surface area contributed by atoms with Gasteiger partial charge in [-0.25, -0.2) is 0 Å². The van der Waals surface area contributed by atoms with Gasteiger partial charge in [0.05, 0.1) is 0 Å². The summed E-state index contributed by atoms with van der Waals surface area (Å²) in [4.78, 5) is 0. The van der Waals surface area contributed by atoms with E-state index in [1.165, 1.54) is 82.1 Å². The number of hydrogen-bond donors (Lipinski definition) is 0. The van der Waals surface area contributed by atoms with Crippen LogP contribution in [0, 0.1) is 12.8 Å². The molecule has 0 amide bonds. The van der Waals surface area contributed by atoms with Crippen LogP contribution in [-0.2, 0) is 5.41 Å². The lowest BCUT2D eigenvalue weighted by atomic mass is 9.68. The molecule has 0 N–H and O–H groups in total. The third-order valence-corrected chi connectivity index (χ3v) is 9.65. The van der Waals surface area contributed by atoms with Gasteiger partial charge >= 0.3 is 0 Å². The normalized spacial score (nSPS) is 16.5. The minimum Gasteiger partial charge on any atom is -0.0754 e. The Bertz CT molecular complexity index is 2160. The van der Waals surface area contributed by atoms with E-state index in [2.05, 4.69) is 143 Å². The Labute approximate surface area is 242 Å². The molecule has 6 aromatic rings. The van der Waals surface area contributed by atoms with E-state index in [-0.39, 0.29) is 5.41 Å². The first-order chi connectivity index (χ1) is 19.9. The molecule has 0 saturated carbocycles. The summed E-state index contributed by atoms with van der Waals surface area (Å²) in [6.45, 7) is 9.27. The van der Waals surface area contributed by atoms with Crippen molar-refractivity contribution in [3.05, 3.63) is 130 Å². The number of hydrogen-bond acceptors (Lipinski definition) is 0. The quantitative estimate of drug-likeness (QED) is 0.211. The highest BCUT2D eigenvalue weighted by Crippen LogP contribution is 2.50. The molecule has 0 aliphatic heterocycles. The lowest BCUT2D eigenvalue weighted by Gasteiger charge is -2.35. The lowest BCUT2D eigenvalue weighted by Crippen LogP contribution is -2.33. The molecule has 0 fully saturated rings. The van der Waals surface area contributed by atoms with Crippen molar-refractivity contribution in [1.82, 2.24) is 0 Å². The fourth-order valence-electron chi connectivity index (χ4n) is 7.62. The minimum absolute atomic E-state index is 0.0617. The predicted octanol–water partition coefficient (Wildman–Crippen LogP) is 9.54. The van der Waals surface area contributed by atoms with Crippen molar-refractivity contribution in [2.75, 3.05) is 0 Å². The van der Waals surface area contributed by atoms with Crippen molar-refractivity contribution in [3.63, 3.8) is 0 Å². The fourth-order valence-corrected chi connectivity index (χ4v) is 7.62. The first kappa shape index (κ1) is 24.4. The van der Waals surface area contributed by atoms with Crippen molar-refractivity contribution < 1.29 is 0 Å². The second kappa shape index (κ2) is 8.79. The van der Waals surface area contributed by atoms with Crippen LogP contribution in [0.2, 0.25) is 0 Å². The number of benzene rings is 6. The molecule has 0 radical (unpaired) electrons. The van der Waals surface area contributed by atoms with Crippen LogP contribution in [0.15, 0.2) is 103 Å². The van der Waals surface area contributed by atoms with E-state index in [0.29, 0.717) is 5.92 Å². The molecule has 41 heavy (non-hydrogen) atoms. The third-order valence-electron chi connectivity index (χ3n) is 9.65. The monoisotopic (exact) mass is 526 g/mol. The highest BCUT2D eigenvalue weighted by Gasteiger charge is 2.33. The zero-order valence-corrected chi connectivity index (χ0v) is 24.3. The molecule has 198 valence electrons. The van der Waals surface area contributed by atoms with E-state index < -0.39 is 0 Å². The van der Waals surface area contributed by atoms with E-state index in [0.717, 1.165) is 6.42 Å². The van der Waals surface area contributed by atoms with Gasteiger partial charge in [0.25, 0.3) is 0 Å². The predicted molar refractivity (Wildman–Crippen MR) is 177 cm³/mol. The first-order valence-corrected chi connectivity index (χ1v) is 14.9. The van der Waals surface area contributed by atoms with Crippen LogP contribution in [0.25, 0.3) is 67.1 Å². The summed E-state index contributed by atoms with van der Waals surface area (Å²) in [5.74, 6) is 0.509. The summed E-state index contributed by atoms with van der Waals surface area (Å²) in [6.07, 6.45) is 6.09. The van der Waals surface area contributed by atoms with Crippen LogP contribution in [0.4, 0.5) is 0 Å². The van der Waals surface area contributed by atoms with Crippen LogP contribution in [0.5, 0.6) is 0 Å². The highest BCUT2D eigenvalue weighted by atomic mass is 14.4. The summed E-state index contributed by atoms with van der Waals surface area (Å²) >= 11 is 0. The van der Waals surface area contributed by atoms with E-state index in [1.807, 2.05) is 0 Å². The van der Waals surface area contributed by atoms with E-state index >= 15 is 0 Å². The van der Waals surface area contributed by atoms with Crippen molar-refractivity contribution in [1.29, 1.82) is 0 Å². The Morgan fingerprint density at radius 2 is 1.24 bits per heavy atom. The maximum Gasteiger partial charge on any atom is 0.0159 e. The molecule has 6 aromatic carbocycles. The molecule has 0 heteroatoms. The summed E-state index contributed by atoms with van der Waals surface area (Å²) < 4.78 is 0. The van der Waals surface area contributed by atoms with Gasteiger partial charge in [0.2, 0.25) is 0 Å². The SMILES string of the molecule is Cc1ccc(-c2c3c(c(-c4ccc5c6c(cccc46)C(C)(C)c4ccccc4-5)c4ccccc24)=CCC(C)C=3)cc1. The van der Waals surface area contributed by atoms with Gasteiger partial charge in [-0.1, -0.05) is 142 Å². The Kier molecular flexibility index (Phi) is 5.23. The van der Waals surface area contributed by atoms with Gasteiger partial charge in [0.15, 0.2) is 0 Å². The Balaban J connectivity index is 1.54. The summed E-state index contributed by atoms with van der Waals surface area (Å²) in [5.41, 5.74) is 12.1. The molecule has 1 unspecified atom stereocenters. The van der Waals surface area contributed by atoms with E-state index in [9.17, 15) is 0 Å². The van der Waals surface area contributed by atoms with Crippen LogP contribution < -0.4 is 10.4 Å². The van der Waals surface area contributed by atoms with Crippen LogP contribution in [0.3, 0.4) is 0 Å². The number of aryl methyl sites for hydroxylation is 1. The Morgan fingerprint density at radius 1 is 0.585 bits per heavy atom. The standard InChI is InChI=1S/C41H34/c1-25-16-19-27(20-17-25)38-29-11-5-6-12-30(29)39(34-21-18-26(2)24-35(34)38)33-23-22-32-28-10-7-8-14-36(28)41(3,4)37-15-9-13-31(33)40(32)37/h5-17,19-24,26H,18H2,1-4H3. The van der Waals surface area contributed by atoms with Gasteiger partial charge in [0.1, 0.15) is 0 Å². The molecule has 8 rings (SSSR count). The highest BCUT2D eigenvalue weighted by molar-refractivity contribution is 6.14. The zero-order chi connectivity index (χ0) is 27.9. The third kappa shape index (κ3) is 3.47. The molecule has 0 heterocycles. The first-order valence-electron chi connectivity index (χ1n) is 14.9. The molecule has 0 aromatic heterocycles. The average Bonchev–Trinajstić information content (AvgIpc) is 2.99. The lowest BCUT2D eigenvalue weighted by molar-refractivity contribution is 0.645. The van der Waals surface area contributed by atoms with Gasteiger partial charge < -0.3 is 0 Å². The molecule has 0 bridgehead atoms. The van der Waals surface area contributed by atoms with Gasteiger partial charge in [-0.2, -0.15) is 0 Å². The Hall–Kier alpha value is -4.42. The molecule has 0 nitrogen and oxygen atoms in total. The Morgan fingerprint density at radius 3 is 2.05 bits per heavy atom. The van der Waals surface area contributed by atoms with Crippen molar-refractivity contribution in [2.45, 2.75) is 39.5 Å². The maximum absolute atomic E-state index is 2.52. The second-order valence-electron chi connectivity index (χ2n) is 12.6. The summed E-state index contributed by atoms with van der Waals surface area (Å²) in [6, 6.07) is 38.9. The van der Waals surface area contributed by atoms with Gasteiger partial charge in [-0.3, -0.25) is 0 Å². The van der Waals surface area contributed by atoms with Crippen molar-refractivity contribution in [3.8, 4) is 33.4 Å². The smallest absolute Gasteiger partial charge is 0.0159 e. The molecule has 0 spiro atoms. The second-order valence-corrected chi connectivity index (χ2v) is 12.6.